The Morgan fingerprint density at radius 2 is 1.56 bits per heavy atom. The summed E-state index contributed by atoms with van der Waals surface area (Å²) in [6.45, 7) is 1.07. The highest BCUT2D eigenvalue weighted by molar-refractivity contribution is 5.79. The smallest absolute Gasteiger partial charge is 0.489 e. The zero-order valence-corrected chi connectivity index (χ0v) is 18.4. The highest BCUT2D eigenvalue weighted by Crippen LogP contribution is 2.15. The van der Waals surface area contributed by atoms with Crippen LogP contribution in [0.5, 0.6) is 5.75 Å². The molecule has 2 amide bonds. The Labute approximate surface area is 195 Å². The molecule has 2 rings (SSSR count). The molecular weight excluding hydrogens is 455 g/mol. The summed E-state index contributed by atoms with van der Waals surface area (Å²) in [7, 11) is 0. The Kier molecular flexibility index (Phi) is 12.1. The standard InChI is InChI=1S/C21H27N3O3.C2HF3O2/c22-19(21(23)26)8-4-5-13-24-20(25)14-16-9-11-18(12-10-16)27-15-17-6-2-1-3-7-17;3-2(4,5)1(6)7/h1-3,6-7,9-12,19H,4-5,8,13-15,22H2,(H2,23,26)(H,24,25);(H,6,7)/t19-;/m0./s1. The summed E-state index contributed by atoms with van der Waals surface area (Å²) >= 11 is 0. The molecule has 0 spiro atoms. The number of unbranched alkanes of at least 4 members (excludes halogenated alkanes) is 1. The minimum atomic E-state index is -5.08. The van der Waals surface area contributed by atoms with E-state index in [4.69, 9.17) is 26.1 Å². The van der Waals surface area contributed by atoms with Crippen LogP contribution >= 0.6 is 0 Å². The van der Waals surface area contributed by atoms with Gasteiger partial charge in [0.15, 0.2) is 0 Å². The topological polar surface area (TPSA) is 145 Å². The number of carbonyl (C=O) groups is 3. The van der Waals surface area contributed by atoms with Gasteiger partial charge in [-0.25, -0.2) is 4.79 Å². The molecule has 0 unspecified atom stereocenters. The van der Waals surface area contributed by atoms with Crippen LogP contribution in [0.25, 0.3) is 0 Å². The number of benzene rings is 2. The van der Waals surface area contributed by atoms with Crippen LogP contribution in [-0.2, 0) is 27.4 Å². The molecule has 0 aliphatic heterocycles. The number of carboxylic acid groups (broad SMARTS) is 1. The number of hydrogen-bond donors (Lipinski definition) is 4. The van der Waals surface area contributed by atoms with E-state index in [1.54, 1.807) is 0 Å². The molecule has 0 radical (unpaired) electrons. The molecule has 186 valence electrons. The molecule has 0 saturated carbocycles. The Balaban J connectivity index is 0.000000718. The minimum Gasteiger partial charge on any atom is -0.489 e. The summed E-state index contributed by atoms with van der Waals surface area (Å²) in [5.74, 6) is -2.51. The van der Waals surface area contributed by atoms with Crippen LogP contribution in [-0.4, -0.2) is 41.7 Å². The number of rotatable bonds is 11. The number of alkyl halides is 3. The van der Waals surface area contributed by atoms with Gasteiger partial charge in [-0.05, 0) is 42.5 Å². The number of hydrogen-bond acceptors (Lipinski definition) is 5. The van der Waals surface area contributed by atoms with Gasteiger partial charge in [-0.2, -0.15) is 13.2 Å². The van der Waals surface area contributed by atoms with Crippen molar-refractivity contribution in [3.8, 4) is 5.75 Å². The van der Waals surface area contributed by atoms with Crippen molar-refractivity contribution in [3.63, 3.8) is 0 Å². The van der Waals surface area contributed by atoms with Crippen LogP contribution in [0.1, 0.15) is 30.4 Å². The first-order chi connectivity index (χ1) is 16.0. The predicted octanol–water partition coefficient (Wildman–Crippen LogP) is 2.54. The Hall–Kier alpha value is -3.60. The maximum Gasteiger partial charge on any atom is 0.490 e. The first-order valence-corrected chi connectivity index (χ1v) is 10.4. The number of primary amides is 1. The van der Waals surface area contributed by atoms with Gasteiger partial charge in [-0.3, -0.25) is 9.59 Å². The molecule has 6 N–H and O–H groups in total. The maximum atomic E-state index is 12.0. The molecule has 8 nitrogen and oxygen atoms in total. The number of halogens is 3. The first-order valence-electron chi connectivity index (χ1n) is 10.4. The van der Waals surface area contributed by atoms with Crippen LogP contribution in [0.3, 0.4) is 0 Å². The molecule has 34 heavy (non-hydrogen) atoms. The number of carbonyl (C=O) groups excluding carboxylic acids is 2. The van der Waals surface area contributed by atoms with E-state index >= 15 is 0 Å². The monoisotopic (exact) mass is 483 g/mol. The lowest BCUT2D eigenvalue weighted by Gasteiger charge is -2.09. The molecule has 0 heterocycles. The third-order valence-corrected chi connectivity index (χ3v) is 4.41. The molecule has 1 atom stereocenters. The van der Waals surface area contributed by atoms with Crippen molar-refractivity contribution in [2.75, 3.05) is 6.54 Å². The van der Waals surface area contributed by atoms with Gasteiger partial charge in [0.25, 0.3) is 0 Å². The first kappa shape index (κ1) is 28.4. The molecule has 0 aliphatic rings. The third kappa shape index (κ3) is 12.4. The van der Waals surface area contributed by atoms with Crippen molar-refractivity contribution in [2.45, 2.75) is 44.5 Å². The maximum absolute atomic E-state index is 12.0. The van der Waals surface area contributed by atoms with E-state index in [2.05, 4.69) is 5.32 Å². The van der Waals surface area contributed by atoms with Gasteiger partial charge in [-0.1, -0.05) is 42.5 Å². The van der Waals surface area contributed by atoms with E-state index in [0.717, 1.165) is 29.7 Å². The van der Waals surface area contributed by atoms with Gasteiger partial charge < -0.3 is 26.6 Å². The van der Waals surface area contributed by atoms with Crippen molar-refractivity contribution < 1.29 is 37.4 Å². The predicted molar refractivity (Wildman–Crippen MR) is 119 cm³/mol. The molecule has 0 bridgehead atoms. The average molecular weight is 483 g/mol. The fourth-order valence-corrected chi connectivity index (χ4v) is 2.55. The van der Waals surface area contributed by atoms with Gasteiger partial charge in [0.05, 0.1) is 12.5 Å². The van der Waals surface area contributed by atoms with E-state index in [9.17, 15) is 22.8 Å². The normalized spacial score (nSPS) is 11.5. The lowest BCUT2D eigenvalue weighted by atomic mass is 10.1. The number of aliphatic carboxylic acids is 1. The Morgan fingerprint density at radius 1 is 0.971 bits per heavy atom. The summed E-state index contributed by atoms with van der Waals surface area (Å²) in [6, 6.07) is 16.9. The van der Waals surface area contributed by atoms with Crippen LogP contribution in [0.15, 0.2) is 54.6 Å². The Morgan fingerprint density at radius 3 is 2.09 bits per heavy atom. The van der Waals surface area contributed by atoms with Gasteiger partial charge >= 0.3 is 12.1 Å². The molecular formula is C23H28F3N3O5. The number of amides is 2. The van der Waals surface area contributed by atoms with Crippen LogP contribution in [0, 0.1) is 0 Å². The second-order valence-corrected chi connectivity index (χ2v) is 7.25. The molecule has 2 aromatic carbocycles. The molecule has 0 aromatic heterocycles. The van der Waals surface area contributed by atoms with E-state index < -0.39 is 24.1 Å². The van der Waals surface area contributed by atoms with E-state index in [0.29, 0.717) is 26.0 Å². The minimum absolute atomic E-state index is 0.0350. The molecule has 0 aliphatic carbocycles. The molecule has 2 aromatic rings. The fourth-order valence-electron chi connectivity index (χ4n) is 2.55. The van der Waals surface area contributed by atoms with Crippen LogP contribution in [0.2, 0.25) is 0 Å². The van der Waals surface area contributed by atoms with Crippen molar-refractivity contribution in [1.29, 1.82) is 0 Å². The zero-order chi connectivity index (χ0) is 25.6. The lowest BCUT2D eigenvalue weighted by molar-refractivity contribution is -0.192. The van der Waals surface area contributed by atoms with Crippen LogP contribution < -0.4 is 21.5 Å². The van der Waals surface area contributed by atoms with Crippen LogP contribution in [0.4, 0.5) is 13.2 Å². The largest absolute Gasteiger partial charge is 0.490 e. The van der Waals surface area contributed by atoms with Gasteiger partial charge in [-0.15, -0.1) is 0 Å². The van der Waals surface area contributed by atoms with Gasteiger partial charge in [0, 0.05) is 6.54 Å². The van der Waals surface area contributed by atoms with E-state index in [-0.39, 0.29) is 5.91 Å². The molecule has 0 saturated heterocycles. The van der Waals surface area contributed by atoms with Crippen molar-refractivity contribution >= 4 is 17.8 Å². The second-order valence-electron chi connectivity index (χ2n) is 7.25. The quantitative estimate of drug-likeness (QED) is 0.362. The summed E-state index contributed by atoms with van der Waals surface area (Å²) in [4.78, 5) is 31.7. The summed E-state index contributed by atoms with van der Waals surface area (Å²) < 4.78 is 37.5. The second kappa shape index (κ2) is 14.5. The number of carboxylic acids is 1. The zero-order valence-electron chi connectivity index (χ0n) is 18.4. The van der Waals surface area contributed by atoms with Crippen molar-refractivity contribution in [2.24, 2.45) is 11.5 Å². The number of ether oxygens (including phenoxy) is 1. The number of nitrogens with two attached hydrogens (primary N) is 2. The van der Waals surface area contributed by atoms with Gasteiger partial charge in [0.2, 0.25) is 11.8 Å². The molecule has 0 fully saturated rings. The summed E-state index contributed by atoms with van der Waals surface area (Å²) in [5, 5.41) is 9.99. The van der Waals surface area contributed by atoms with Gasteiger partial charge in [0.1, 0.15) is 12.4 Å². The summed E-state index contributed by atoms with van der Waals surface area (Å²) in [5.41, 5.74) is 12.7. The summed E-state index contributed by atoms with van der Waals surface area (Å²) in [6.07, 6.45) is -2.72. The molecule has 11 heteroatoms. The third-order valence-electron chi connectivity index (χ3n) is 4.41. The highest BCUT2D eigenvalue weighted by Gasteiger charge is 2.38. The average Bonchev–Trinajstić information content (AvgIpc) is 2.78. The van der Waals surface area contributed by atoms with E-state index in [1.165, 1.54) is 0 Å². The fraction of sp³-hybridized carbons (Fsp3) is 0.348. The number of nitrogens with one attached hydrogen (secondary N) is 1. The van der Waals surface area contributed by atoms with Crippen molar-refractivity contribution in [1.82, 2.24) is 5.32 Å². The SMILES string of the molecule is NC(=O)[C@@H](N)CCCCNC(=O)Cc1ccc(OCc2ccccc2)cc1.O=C(O)C(F)(F)F. The highest BCUT2D eigenvalue weighted by atomic mass is 19.4. The Bertz CT molecular complexity index is 906. The van der Waals surface area contributed by atoms with E-state index in [1.807, 2.05) is 54.6 Å². The lowest BCUT2D eigenvalue weighted by Crippen LogP contribution is -2.36. The van der Waals surface area contributed by atoms with Crippen molar-refractivity contribution in [3.05, 3.63) is 65.7 Å².